The maximum atomic E-state index is 12.6. The molecule has 2 amide bonds. The molecule has 1 aliphatic heterocycles. The lowest BCUT2D eigenvalue weighted by atomic mass is 10.0. The van der Waals surface area contributed by atoms with E-state index in [-0.39, 0.29) is 17.7 Å². The van der Waals surface area contributed by atoms with Crippen molar-refractivity contribution in [3.63, 3.8) is 0 Å². The van der Waals surface area contributed by atoms with Gasteiger partial charge in [0.15, 0.2) is 0 Å². The minimum absolute atomic E-state index is 0.108. The predicted octanol–water partition coefficient (Wildman–Crippen LogP) is 2.62. The van der Waals surface area contributed by atoms with Crippen molar-refractivity contribution in [3.05, 3.63) is 28.2 Å². The van der Waals surface area contributed by atoms with Gasteiger partial charge in [-0.25, -0.2) is 0 Å². The summed E-state index contributed by atoms with van der Waals surface area (Å²) in [6, 6.07) is 4.07. The summed E-state index contributed by atoms with van der Waals surface area (Å²) in [5.74, 6) is -0.0132. The van der Waals surface area contributed by atoms with E-state index in [4.69, 9.17) is 23.2 Å². The molecule has 1 saturated heterocycles. The molecule has 2 unspecified atom stereocenters. The summed E-state index contributed by atoms with van der Waals surface area (Å²) in [5.41, 5.74) is 0.497. The van der Waals surface area contributed by atoms with Crippen LogP contribution in [-0.4, -0.2) is 23.9 Å². The van der Waals surface area contributed by atoms with Crippen LogP contribution in [0.25, 0.3) is 0 Å². The smallest absolute Gasteiger partial charge is 0.250 e. The molecule has 106 valence electrons. The standard InChI is InChI=1S/C14H14Cl2N2O2/c1-7-13(19)17-12(8-5-6-8)14(20)18(7)10-4-2-3-9(15)11(10)16/h2-4,7-8,12H,5-6H2,1H3,(H,17,19). The maximum Gasteiger partial charge on any atom is 0.250 e. The van der Waals surface area contributed by atoms with Gasteiger partial charge in [0.05, 0.1) is 15.7 Å². The Bertz CT molecular complexity index is 587. The number of anilines is 1. The summed E-state index contributed by atoms with van der Waals surface area (Å²) in [4.78, 5) is 26.2. The normalized spacial score (nSPS) is 26.6. The van der Waals surface area contributed by atoms with Crippen molar-refractivity contribution in [2.45, 2.75) is 31.8 Å². The molecule has 4 nitrogen and oxygen atoms in total. The molecule has 1 heterocycles. The molecule has 6 heteroatoms. The van der Waals surface area contributed by atoms with Crippen molar-refractivity contribution in [2.24, 2.45) is 5.92 Å². The maximum absolute atomic E-state index is 12.6. The highest BCUT2D eigenvalue weighted by Gasteiger charge is 2.46. The van der Waals surface area contributed by atoms with Crippen LogP contribution in [0.15, 0.2) is 18.2 Å². The Balaban J connectivity index is 2.02. The highest BCUT2D eigenvalue weighted by molar-refractivity contribution is 6.44. The molecular weight excluding hydrogens is 299 g/mol. The molecule has 1 aromatic carbocycles. The highest BCUT2D eigenvalue weighted by Crippen LogP contribution is 2.39. The number of hydrogen-bond donors (Lipinski definition) is 1. The molecule has 3 rings (SSSR count). The van der Waals surface area contributed by atoms with Gasteiger partial charge in [-0.1, -0.05) is 29.3 Å². The van der Waals surface area contributed by atoms with Gasteiger partial charge in [0.1, 0.15) is 12.1 Å². The lowest BCUT2D eigenvalue weighted by Gasteiger charge is -2.38. The van der Waals surface area contributed by atoms with E-state index in [9.17, 15) is 9.59 Å². The average molecular weight is 313 g/mol. The number of benzene rings is 1. The third-order valence-electron chi connectivity index (χ3n) is 3.85. The van der Waals surface area contributed by atoms with Crippen molar-refractivity contribution < 1.29 is 9.59 Å². The Hall–Kier alpha value is -1.26. The van der Waals surface area contributed by atoms with Gasteiger partial charge < -0.3 is 5.32 Å². The third kappa shape index (κ3) is 2.17. The van der Waals surface area contributed by atoms with E-state index < -0.39 is 12.1 Å². The molecule has 0 bridgehead atoms. The lowest BCUT2D eigenvalue weighted by molar-refractivity contribution is -0.133. The van der Waals surface area contributed by atoms with Gasteiger partial charge >= 0.3 is 0 Å². The summed E-state index contributed by atoms with van der Waals surface area (Å²) in [6.45, 7) is 1.69. The Morgan fingerprint density at radius 1 is 1.25 bits per heavy atom. The Kier molecular flexibility index (Phi) is 3.38. The zero-order valence-corrected chi connectivity index (χ0v) is 12.4. The second-order valence-electron chi connectivity index (χ2n) is 5.28. The van der Waals surface area contributed by atoms with Gasteiger partial charge in [-0.2, -0.15) is 0 Å². The number of nitrogens with one attached hydrogen (secondary N) is 1. The molecule has 2 fully saturated rings. The van der Waals surface area contributed by atoms with E-state index in [1.54, 1.807) is 25.1 Å². The van der Waals surface area contributed by atoms with E-state index in [2.05, 4.69) is 5.32 Å². The molecule has 1 aliphatic carbocycles. The second-order valence-corrected chi connectivity index (χ2v) is 6.07. The molecule has 1 N–H and O–H groups in total. The van der Waals surface area contributed by atoms with Crippen LogP contribution in [0.3, 0.4) is 0 Å². The number of halogens is 2. The van der Waals surface area contributed by atoms with Gasteiger partial charge in [0, 0.05) is 0 Å². The Morgan fingerprint density at radius 2 is 1.95 bits per heavy atom. The van der Waals surface area contributed by atoms with Crippen LogP contribution in [0, 0.1) is 5.92 Å². The largest absolute Gasteiger partial charge is 0.342 e. The lowest BCUT2D eigenvalue weighted by Crippen LogP contribution is -2.63. The van der Waals surface area contributed by atoms with Crippen molar-refractivity contribution in [3.8, 4) is 0 Å². The molecule has 1 aromatic rings. The Morgan fingerprint density at radius 3 is 2.60 bits per heavy atom. The van der Waals surface area contributed by atoms with E-state index >= 15 is 0 Å². The van der Waals surface area contributed by atoms with Crippen molar-refractivity contribution >= 4 is 40.7 Å². The monoisotopic (exact) mass is 312 g/mol. The molecule has 2 atom stereocenters. The van der Waals surface area contributed by atoms with Crippen LogP contribution >= 0.6 is 23.2 Å². The van der Waals surface area contributed by atoms with Crippen LogP contribution in [0.1, 0.15) is 19.8 Å². The number of carbonyl (C=O) groups excluding carboxylic acids is 2. The number of nitrogens with zero attached hydrogens (tertiary/aromatic N) is 1. The van der Waals surface area contributed by atoms with Crippen molar-refractivity contribution in [1.82, 2.24) is 5.32 Å². The SMILES string of the molecule is CC1C(=O)NC(C2CC2)C(=O)N1c1cccc(Cl)c1Cl. The summed E-state index contributed by atoms with van der Waals surface area (Å²) in [7, 11) is 0. The van der Waals surface area contributed by atoms with Crippen LogP contribution in [0.4, 0.5) is 5.69 Å². The summed E-state index contributed by atoms with van der Waals surface area (Å²) >= 11 is 12.2. The number of hydrogen-bond acceptors (Lipinski definition) is 2. The zero-order valence-electron chi connectivity index (χ0n) is 10.9. The number of rotatable bonds is 2. The van der Waals surface area contributed by atoms with Crippen LogP contribution < -0.4 is 10.2 Å². The molecule has 0 aromatic heterocycles. The number of carbonyl (C=O) groups is 2. The molecule has 0 radical (unpaired) electrons. The van der Waals surface area contributed by atoms with E-state index in [0.717, 1.165) is 12.8 Å². The predicted molar refractivity (Wildman–Crippen MR) is 78.1 cm³/mol. The van der Waals surface area contributed by atoms with E-state index in [1.165, 1.54) is 4.90 Å². The van der Waals surface area contributed by atoms with Gasteiger partial charge in [0.25, 0.3) is 5.91 Å². The molecule has 1 saturated carbocycles. The minimum atomic E-state index is -0.589. The number of piperazine rings is 1. The second kappa shape index (κ2) is 4.93. The number of amides is 2. The fourth-order valence-corrected chi connectivity index (χ4v) is 2.94. The topological polar surface area (TPSA) is 49.4 Å². The summed E-state index contributed by atoms with van der Waals surface area (Å²) < 4.78 is 0. The third-order valence-corrected chi connectivity index (χ3v) is 4.66. The quantitative estimate of drug-likeness (QED) is 0.912. The zero-order chi connectivity index (χ0) is 14.4. The molecular formula is C14H14Cl2N2O2. The van der Waals surface area contributed by atoms with Crippen LogP contribution in [-0.2, 0) is 9.59 Å². The van der Waals surface area contributed by atoms with Crippen molar-refractivity contribution in [2.75, 3.05) is 4.90 Å². The first-order chi connectivity index (χ1) is 9.50. The Labute approximate surface area is 127 Å². The van der Waals surface area contributed by atoms with E-state index in [0.29, 0.717) is 15.7 Å². The highest BCUT2D eigenvalue weighted by atomic mass is 35.5. The molecule has 0 spiro atoms. The molecule has 20 heavy (non-hydrogen) atoms. The first-order valence-corrected chi connectivity index (χ1v) is 7.33. The fraction of sp³-hybridized carbons (Fsp3) is 0.429. The average Bonchev–Trinajstić information content (AvgIpc) is 3.23. The van der Waals surface area contributed by atoms with Crippen molar-refractivity contribution in [1.29, 1.82) is 0 Å². The first kappa shape index (κ1) is 13.7. The van der Waals surface area contributed by atoms with Gasteiger partial charge in [0.2, 0.25) is 5.91 Å². The van der Waals surface area contributed by atoms with Crippen LogP contribution in [0.2, 0.25) is 10.0 Å². The van der Waals surface area contributed by atoms with Gasteiger partial charge in [-0.3, -0.25) is 14.5 Å². The molecule has 2 aliphatic rings. The fourth-order valence-electron chi connectivity index (χ4n) is 2.55. The summed E-state index contributed by atoms with van der Waals surface area (Å²) in [6.07, 6.45) is 1.95. The van der Waals surface area contributed by atoms with Gasteiger partial charge in [-0.15, -0.1) is 0 Å². The minimum Gasteiger partial charge on any atom is -0.342 e. The van der Waals surface area contributed by atoms with Gasteiger partial charge in [-0.05, 0) is 37.8 Å². The first-order valence-electron chi connectivity index (χ1n) is 6.58. The van der Waals surface area contributed by atoms with E-state index in [1.807, 2.05) is 0 Å². The summed E-state index contributed by atoms with van der Waals surface area (Å²) in [5, 5.41) is 3.48. The van der Waals surface area contributed by atoms with Crippen LogP contribution in [0.5, 0.6) is 0 Å².